The van der Waals surface area contributed by atoms with Crippen LogP contribution in [0.4, 0.5) is 0 Å². The Hall–Kier alpha value is -2.21. The van der Waals surface area contributed by atoms with Crippen molar-refractivity contribution in [3.05, 3.63) is 46.5 Å². The highest BCUT2D eigenvalue weighted by molar-refractivity contribution is 5.96. The van der Waals surface area contributed by atoms with Gasteiger partial charge in [0.2, 0.25) is 0 Å². The largest absolute Gasteiger partial charge is 0.336 e. The molecule has 2 aliphatic heterocycles. The van der Waals surface area contributed by atoms with Crippen LogP contribution in [-0.2, 0) is 19.5 Å². The lowest BCUT2D eigenvalue weighted by atomic mass is 10.0. The van der Waals surface area contributed by atoms with Crippen LogP contribution in [-0.4, -0.2) is 56.7 Å². The van der Waals surface area contributed by atoms with E-state index in [1.54, 1.807) is 0 Å². The van der Waals surface area contributed by atoms with Gasteiger partial charge in [0.25, 0.3) is 5.91 Å². The van der Waals surface area contributed by atoms with Gasteiger partial charge in [-0.2, -0.15) is 0 Å². The van der Waals surface area contributed by atoms with Crippen LogP contribution < -0.4 is 0 Å². The summed E-state index contributed by atoms with van der Waals surface area (Å²) in [6.45, 7) is 9.29. The topological polar surface area (TPSA) is 54.3 Å². The molecule has 1 fully saturated rings. The number of aryl methyl sites for hydroxylation is 2. The van der Waals surface area contributed by atoms with E-state index in [1.165, 1.54) is 24.8 Å². The number of carbonyl (C=O) groups excluding carboxylic acids is 1. The summed E-state index contributed by atoms with van der Waals surface area (Å²) < 4.78 is 2.32. The predicted molar refractivity (Wildman–Crippen MR) is 105 cm³/mol. The Kier molecular flexibility index (Phi) is 5.25. The number of rotatable bonds is 3. The molecular formula is C21H29N5O. The van der Waals surface area contributed by atoms with Gasteiger partial charge in [0, 0.05) is 44.7 Å². The fourth-order valence-corrected chi connectivity index (χ4v) is 4.12. The van der Waals surface area contributed by atoms with Crippen molar-refractivity contribution in [3.63, 3.8) is 0 Å². The number of nitrogens with zero attached hydrogens (tertiary/aromatic N) is 5. The van der Waals surface area contributed by atoms with Crippen molar-refractivity contribution in [1.29, 1.82) is 0 Å². The molecule has 0 N–H and O–H groups in total. The molecule has 6 nitrogen and oxygen atoms in total. The zero-order valence-electron chi connectivity index (χ0n) is 16.4. The Labute approximate surface area is 161 Å². The number of piperazine rings is 1. The first kappa shape index (κ1) is 18.2. The smallest absolute Gasteiger partial charge is 0.254 e. The van der Waals surface area contributed by atoms with Crippen molar-refractivity contribution in [2.75, 3.05) is 26.2 Å². The first-order valence-electron chi connectivity index (χ1n) is 10.1. The second-order valence-electron chi connectivity index (χ2n) is 7.81. The summed E-state index contributed by atoms with van der Waals surface area (Å²) >= 11 is 0. The summed E-state index contributed by atoms with van der Waals surface area (Å²) in [4.78, 5) is 17.3. The van der Waals surface area contributed by atoms with Gasteiger partial charge in [-0.1, -0.05) is 18.6 Å². The summed E-state index contributed by atoms with van der Waals surface area (Å²) in [7, 11) is 0. The first-order valence-corrected chi connectivity index (χ1v) is 10.1. The van der Waals surface area contributed by atoms with E-state index in [1.807, 2.05) is 24.0 Å². The molecule has 0 aliphatic carbocycles. The maximum atomic E-state index is 12.9. The van der Waals surface area contributed by atoms with E-state index in [9.17, 15) is 4.79 Å². The Morgan fingerprint density at radius 1 is 1.00 bits per heavy atom. The van der Waals surface area contributed by atoms with E-state index in [2.05, 4.69) is 32.7 Å². The van der Waals surface area contributed by atoms with E-state index in [0.717, 1.165) is 68.5 Å². The molecule has 0 spiro atoms. The van der Waals surface area contributed by atoms with Gasteiger partial charge in [-0.25, -0.2) is 0 Å². The van der Waals surface area contributed by atoms with Gasteiger partial charge in [0.05, 0.1) is 6.54 Å². The van der Waals surface area contributed by atoms with Crippen LogP contribution in [0.25, 0.3) is 0 Å². The standard InChI is InChI=1S/C21H29N5O/c1-16-7-6-8-18(17(16)2)21(27)25-13-11-24(12-14-25)15-20-23-22-19-9-4-3-5-10-26(19)20/h6-8H,3-5,9-15H2,1-2H3. The van der Waals surface area contributed by atoms with Crippen LogP contribution in [0.15, 0.2) is 18.2 Å². The minimum Gasteiger partial charge on any atom is -0.336 e. The highest BCUT2D eigenvalue weighted by atomic mass is 16.2. The Bertz CT molecular complexity index is 820. The van der Waals surface area contributed by atoms with Crippen LogP contribution in [0, 0.1) is 13.8 Å². The van der Waals surface area contributed by atoms with Crippen LogP contribution in [0.5, 0.6) is 0 Å². The summed E-state index contributed by atoms with van der Waals surface area (Å²) in [6.07, 6.45) is 4.76. The van der Waals surface area contributed by atoms with Gasteiger partial charge in [-0.3, -0.25) is 9.69 Å². The van der Waals surface area contributed by atoms with E-state index < -0.39 is 0 Å². The molecule has 144 valence electrons. The molecule has 0 atom stereocenters. The quantitative estimate of drug-likeness (QED) is 0.837. The lowest BCUT2D eigenvalue weighted by Gasteiger charge is -2.34. The van der Waals surface area contributed by atoms with Crippen molar-refractivity contribution in [1.82, 2.24) is 24.6 Å². The number of hydrogen-bond donors (Lipinski definition) is 0. The number of amides is 1. The summed E-state index contributed by atoms with van der Waals surface area (Å²) in [6, 6.07) is 5.98. The van der Waals surface area contributed by atoms with Crippen LogP contribution >= 0.6 is 0 Å². The summed E-state index contributed by atoms with van der Waals surface area (Å²) in [5, 5.41) is 8.85. The average Bonchev–Trinajstić information content (AvgIpc) is 2.90. The average molecular weight is 367 g/mol. The third-order valence-electron chi connectivity index (χ3n) is 6.05. The monoisotopic (exact) mass is 367 g/mol. The maximum Gasteiger partial charge on any atom is 0.254 e. The molecule has 0 bridgehead atoms. The molecule has 4 rings (SSSR count). The molecule has 6 heteroatoms. The molecule has 1 saturated heterocycles. The summed E-state index contributed by atoms with van der Waals surface area (Å²) in [5.74, 6) is 2.39. The molecule has 2 aromatic rings. The molecule has 1 aromatic heterocycles. The second-order valence-corrected chi connectivity index (χ2v) is 7.81. The normalized spacial score (nSPS) is 18.2. The fraction of sp³-hybridized carbons (Fsp3) is 0.571. The van der Waals surface area contributed by atoms with E-state index in [0.29, 0.717) is 0 Å². The zero-order chi connectivity index (χ0) is 18.8. The van der Waals surface area contributed by atoms with Crippen molar-refractivity contribution >= 4 is 5.91 Å². The summed E-state index contributed by atoms with van der Waals surface area (Å²) in [5.41, 5.74) is 3.11. The van der Waals surface area contributed by atoms with Crippen molar-refractivity contribution in [3.8, 4) is 0 Å². The minimum absolute atomic E-state index is 0.159. The van der Waals surface area contributed by atoms with Crippen LogP contribution in [0.3, 0.4) is 0 Å². The minimum atomic E-state index is 0.159. The van der Waals surface area contributed by atoms with Crippen LogP contribution in [0.2, 0.25) is 0 Å². The molecule has 2 aliphatic rings. The molecule has 1 amide bonds. The zero-order valence-corrected chi connectivity index (χ0v) is 16.4. The number of benzene rings is 1. The van der Waals surface area contributed by atoms with E-state index in [4.69, 9.17) is 0 Å². The second kappa shape index (κ2) is 7.80. The molecule has 3 heterocycles. The molecule has 0 radical (unpaired) electrons. The molecule has 0 unspecified atom stereocenters. The lowest BCUT2D eigenvalue weighted by molar-refractivity contribution is 0.0623. The predicted octanol–water partition coefficient (Wildman–Crippen LogP) is 2.58. The van der Waals surface area contributed by atoms with Gasteiger partial charge in [0.1, 0.15) is 11.6 Å². The highest BCUT2D eigenvalue weighted by Crippen LogP contribution is 2.18. The Balaban J connectivity index is 1.37. The van der Waals surface area contributed by atoms with Gasteiger partial charge >= 0.3 is 0 Å². The maximum absolute atomic E-state index is 12.9. The number of carbonyl (C=O) groups is 1. The van der Waals surface area contributed by atoms with E-state index in [-0.39, 0.29) is 5.91 Å². The SMILES string of the molecule is Cc1cccc(C(=O)N2CCN(Cc3nnc4n3CCCCC4)CC2)c1C. The number of aromatic nitrogens is 3. The van der Waals surface area contributed by atoms with Crippen LogP contribution in [0.1, 0.15) is 52.4 Å². The Morgan fingerprint density at radius 2 is 1.81 bits per heavy atom. The molecule has 0 saturated carbocycles. The third-order valence-corrected chi connectivity index (χ3v) is 6.05. The van der Waals surface area contributed by atoms with Gasteiger partial charge < -0.3 is 9.47 Å². The number of hydrogen-bond acceptors (Lipinski definition) is 4. The van der Waals surface area contributed by atoms with Gasteiger partial charge in [-0.15, -0.1) is 10.2 Å². The van der Waals surface area contributed by atoms with Crippen molar-refractivity contribution < 1.29 is 4.79 Å². The van der Waals surface area contributed by atoms with E-state index >= 15 is 0 Å². The molecule has 27 heavy (non-hydrogen) atoms. The van der Waals surface area contributed by atoms with Gasteiger partial charge in [-0.05, 0) is 43.9 Å². The first-order chi connectivity index (χ1) is 13.1. The Morgan fingerprint density at radius 3 is 2.63 bits per heavy atom. The lowest BCUT2D eigenvalue weighted by Crippen LogP contribution is -2.48. The third kappa shape index (κ3) is 3.76. The highest BCUT2D eigenvalue weighted by Gasteiger charge is 2.25. The van der Waals surface area contributed by atoms with Gasteiger partial charge in [0.15, 0.2) is 0 Å². The fourth-order valence-electron chi connectivity index (χ4n) is 4.12. The molecular weight excluding hydrogens is 338 g/mol. The van der Waals surface area contributed by atoms with Crippen molar-refractivity contribution in [2.45, 2.75) is 52.6 Å². The number of fused-ring (bicyclic) bond motifs is 1. The van der Waals surface area contributed by atoms with Crippen molar-refractivity contribution in [2.24, 2.45) is 0 Å². The molecule has 1 aromatic carbocycles.